The Bertz CT molecular complexity index is 491. The van der Waals surface area contributed by atoms with Crippen LogP contribution in [0.1, 0.15) is 26.7 Å². The molecule has 0 unspecified atom stereocenters. The lowest BCUT2D eigenvalue weighted by Crippen LogP contribution is -2.39. The van der Waals surface area contributed by atoms with E-state index in [1.54, 1.807) is 14.0 Å². The zero-order valence-electron chi connectivity index (χ0n) is 14.2. The second kappa shape index (κ2) is 10.4. The summed E-state index contributed by atoms with van der Waals surface area (Å²) in [4.78, 5) is 58.7. The van der Waals surface area contributed by atoms with Gasteiger partial charge in [0.1, 0.15) is 5.78 Å². The molecule has 136 valence electrons. The largest absolute Gasteiger partial charge is 0.469 e. The van der Waals surface area contributed by atoms with Crippen LogP contribution in [0.4, 0.5) is 0 Å². The van der Waals surface area contributed by atoms with Crippen LogP contribution in [-0.4, -0.2) is 61.3 Å². The van der Waals surface area contributed by atoms with Crippen LogP contribution in [0.3, 0.4) is 0 Å². The van der Waals surface area contributed by atoms with Crippen LogP contribution in [0.2, 0.25) is 0 Å². The summed E-state index contributed by atoms with van der Waals surface area (Å²) >= 11 is 0. The normalized spacial score (nSPS) is 16.0. The van der Waals surface area contributed by atoms with Gasteiger partial charge in [-0.1, -0.05) is 0 Å². The van der Waals surface area contributed by atoms with Gasteiger partial charge in [-0.05, 0) is 20.9 Å². The monoisotopic (exact) mass is 345 g/mol. The van der Waals surface area contributed by atoms with Gasteiger partial charge in [0.05, 0.1) is 25.6 Å². The van der Waals surface area contributed by atoms with E-state index in [9.17, 15) is 24.0 Å². The number of nitrogens with zero attached hydrogens (tertiary/aromatic N) is 1. The third-order valence-corrected chi connectivity index (χ3v) is 3.10. The first-order valence-corrected chi connectivity index (χ1v) is 7.20. The van der Waals surface area contributed by atoms with E-state index in [0.29, 0.717) is 5.06 Å². The molecule has 1 aliphatic rings. The Morgan fingerprint density at radius 3 is 2.12 bits per heavy atom. The van der Waals surface area contributed by atoms with Crippen molar-refractivity contribution in [1.29, 1.82) is 0 Å². The van der Waals surface area contributed by atoms with Crippen molar-refractivity contribution < 1.29 is 33.5 Å². The number of hydroxylamine groups is 2. The van der Waals surface area contributed by atoms with Gasteiger partial charge < -0.3 is 20.6 Å². The summed E-state index contributed by atoms with van der Waals surface area (Å²) in [5.41, 5.74) is 5.39. The molecule has 1 heterocycles. The lowest BCUT2D eigenvalue weighted by molar-refractivity contribution is -0.196. The molecule has 2 atom stereocenters. The van der Waals surface area contributed by atoms with E-state index in [1.165, 1.54) is 14.0 Å². The number of imide groups is 1. The molecule has 1 saturated heterocycles. The Labute approximate surface area is 139 Å². The van der Waals surface area contributed by atoms with Crippen LogP contribution in [0.15, 0.2) is 0 Å². The Hall–Kier alpha value is -2.33. The highest BCUT2D eigenvalue weighted by molar-refractivity contribution is 6.01. The van der Waals surface area contributed by atoms with Crippen molar-refractivity contribution in [3.63, 3.8) is 0 Å². The number of ketones is 1. The average molecular weight is 345 g/mol. The lowest BCUT2D eigenvalue weighted by atomic mass is 10.0. The average Bonchev–Trinajstić information content (AvgIpc) is 2.85. The molecule has 0 aromatic carbocycles. The van der Waals surface area contributed by atoms with E-state index in [4.69, 9.17) is 5.73 Å². The standard InChI is InChI=1S/C7H10N2O4.C7H13NO3/c1-8-4-7(12)13-9-5(10)2-3-6(9)11;1-4(7(10)11-3)6(8)5(2)9/h8H,2-4H2,1H3;4,6H,8H2,1-3H3/t;4-,6-/m.0/s1. The molecular formula is C14H23N3O7. The van der Waals surface area contributed by atoms with Crippen molar-refractivity contribution in [1.82, 2.24) is 10.4 Å². The number of likely N-dealkylation sites (N-methyl/N-ethyl adjacent to an activating group) is 1. The van der Waals surface area contributed by atoms with E-state index >= 15 is 0 Å². The van der Waals surface area contributed by atoms with Gasteiger partial charge in [0.2, 0.25) is 0 Å². The number of hydrogen-bond donors (Lipinski definition) is 2. The zero-order valence-corrected chi connectivity index (χ0v) is 14.2. The number of methoxy groups -OCH3 is 1. The van der Waals surface area contributed by atoms with Crippen molar-refractivity contribution >= 4 is 29.5 Å². The molecule has 10 heteroatoms. The number of rotatable bonds is 6. The summed E-state index contributed by atoms with van der Waals surface area (Å²) in [6, 6.07) is -0.748. The van der Waals surface area contributed by atoms with Crippen molar-refractivity contribution in [2.45, 2.75) is 32.7 Å². The number of nitrogens with one attached hydrogen (secondary N) is 1. The summed E-state index contributed by atoms with van der Waals surface area (Å²) in [6.45, 7) is 2.89. The van der Waals surface area contributed by atoms with E-state index < -0.39 is 35.7 Å². The maximum atomic E-state index is 10.9. The molecule has 0 radical (unpaired) electrons. The number of Topliss-reactive ketones (excluding diaryl/α,β-unsaturated/α-hetero) is 1. The minimum atomic E-state index is -0.748. The van der Waals surface area contributed by atoms with Crippen molar-refractivity contribution in [2.24, 2.45) is 11.7 Å². The summed E-state index contributed by atoms with van der Waals surface area (Å²) < 4.78 is 4.41. The SMILES string of the molecule is CNCC(=O)ON1C(=O)CCC1=O.COC(=O)[C@@H](C)[C@H](N)C(C)=O. The Balaban J connectivity index is 0.000000449. The topological polar surface area (TPSA) is 145 Å². The third-order valence-electron chi connectivity index (χ3n) is 3.10. The van der Waals surface area contributed by atoms with E-state index in [-0.39, 0.29) is 25.2 Å². The number of ether oxygens (including phenoxy) is 1. The highest BCUT2D eigenvalue weighted by atomic mass is 16.7. The predicted octanol–water partition coefficient (Wildman–Crippen LogP) is -1.48. The van der Waals surface area contributed by atoms with Gasteiger partial charge in [0, 0.05) is 12.8 Å². The van der Waals surface area contributed by atoms with Gasteiger partial charge in [-0.25, -0.2) is 4.79 Å². The van der Waals surface area contributed by atoms with Crippen LogP contribution in [0.25, 0.3) is 0 Å². The highest BCUT2D eigenvalue weighted by Gasteiger charge is 2.32. The summed E-state index contributed by atoms with van der Waals surface area (Å²) in [7, 11) is 2.83. The van der Waals surface area contributed by atoms with Gasteiger partial charge >= 0.3 is 11.9 Å². The number of esters is 1. The van der Waals surface area contributed by atoms with Gasteiger partial charge in [-0.15, -0.1) is 5.06 Å². The highest BCUT2D eigenvalue weighted by Crippen LogP contribution is 2.11. The van der Waals surface area contributed by atoms with E-state index in [2.05, 4.69) is 14.9 Å². The molecule has 2 amide bonds. The molecule has 0 aromatic rings. The number of nitrogens with two attached hydrogens (primary N) is 1. The minimum Gasteiger partial charge on any atom is -0.469 e. The molecule has 0 aliphatic carbocycles. The molecule has 3 N–H and O–H groups in total. The number of carbonyl (C=O) groups excluding carboxylic acids is 5. The zero-order chi connectivity index (χ0) is 18.9. The molecule has 0 spiro atoms. The van der Waals surface area contributed by atoms with Crippen LogP contribution in [0.5, 0.6) is 0 Å². The predicted molar refractivity (Wildman–Crippen MR) is 80.9 cm³/mol. The third kappa shape index (κ3) is 6.84. The van der Waals surface area contributed by atoms with Gasteiger partial charge in [0.25, 0.3) is 11.8 Å². The first-order chi connectivity index (χ1) is 11.1. The fraction of sp³-hybridized carbons (Fsp3) is 0.643. The van der Waals surface area contributed by atoms with Crippen molar-refractivity contribution in [3.05, 3.63) is 0 Å². The fourth-order valence-electron chi connectivity index (χ4n) is 1.62. The smallest absolute Gasteiger partial charge is 0.346 e. The maximum Gasteiger partial charge on any atom is 0.346 e. The molecule has 10 nitrogen and oxygen atoms in total. The number of amides is 2. The molecule has 24 heavy (non-hydrogen) atoms. The lowest BCUT2D eigenvalue weighted by Gasteiger charge is -2.13. The Morgan fingerprint density at radius 1 is 1.25 bits per heavy atom. The quantitative estimate of drug-likeness (QED) is 0.435. The first kappa shape index (κ1) is 21.7. The summed E-state index contributed by atoms with van der Waals surface area (Å²) in [5.74, 6) is -2.79. The number of carbonyl (C=O) groups is 5. The summed E-state index contributed by atoms with van der Waals surface area (Å²) in [6.07, 6.45) is 0.233. The fourth-order valence-corrected chi connectivity index (χ4v) is 1.62. The Morgan fingerprint density at radius 2 is 1.75 bits per heavy atom. The van der Waals surface area contributed by atoms with Crippen molar-refractivity contribution in [2.75, 3.05) is 20.7 Å². The van der Waals surface area contributed by atoms with Crippen molar-refractivity contribution in [3.8, 4) is 0 Å². The minimum absolute atomic E-state index is 0.0307. The molecule has 0 aromatic heterocycles. The van der Waals surface area contributed by atoms with E-state index in [0.717, 1.165) is 0 Å². The van der Waals surface area contributed by atoms with Crippen LogP contribution >= 0.6 is 0 Å². The molecule has 1 fully saturated rings. The van der Waals surface area contributed by atoms with Gasteiger partial charge in [-0.2, -0.15) is 0 Å². The van der Waals surface area contributed by atoms with Crippen LogP contribution < -0.4 is 11.1 Å². The first-order valence-electron chi connectivity index (χ1n) is 7.20. The van der Waals surface area contributed by atoms with E-state index in [1.807, 2.05) is 0 Å². The van der Waals surface area contributed by atoms with Crippen LogP contribution in [0, 0.1) is 5.92 Å². The van der Waals surface area contributed by atoms with Crippen LogP contribution in [-0.2, 0) is 33.5 Å². The van der Waals surface area contributed by atoms with Gasteiger partial charge in [0.15, 0.2) is 0 Å². The van der Waals surface area contributed by atoms with Gasteiger partial charge in [-0.3, -0.25) is 19.2 Å². The maximum absolute atomic E-state index is 10.9. The number of hydrogen-bond acceptors (Lipinski definition) is 9. The molecule has 1 rings (SSSR count). The Kier molecular flexibility index (Phi) is 9.43. The second-order valence-electron chi connectivity index (χ2n) is 5.02. The molecule has 1 aliphatic heterocycles. The summed E-state index contributed by atoms with van der Waals surface area (Å²) in [5, 5.41) is 3.07. The molecule has 0 saturated carbocycles. The molecular weight excluding hydrogens is 322 g/mol. The molecule has 0 bridgehead atoms. The second-order valence-corrected chi connectivity index (χ2v) is 5.02.